The minimum atomic E-state index is -1.64. The number of hydrogen-bond donors (Lipinski definition) is 6. The van der Waals surface area contributed by atoms with Gasteiger partial charge in [-0.15, -0.1) is 0 Å². The van der Waals surface area contributed by atoms with Crippen molar-refractivity contribution in [1.29, 1.82) is 0 Å². The molecule has 11 nitrogen and oxygen atoms in total. The van der Waals surface area contributed by atoms with Gasteiger partial charge in [-0.1, -0.05) is 0 Å². The molecule has 0 radical (unpaired) electrons. The molecule has 2 heterocycles. The van der Waals surface area contributed by atoms with Crippen molar-refractivity contribution in [3.8, 4) is 17.2 Å². The number of phenols is 1. The Kier molecular flexibility index (Phi) is 4.71. The average molecular weight is 424 g/mol. The van der Waals surface area contributed by atoms with Gasteiger partial charge in [0, 0.05) is 5.92 Å². The topological polar surface area (TPSA) is 167 Å². The first-order chi connectivity index (χ1) is 14.0. The first-order valence-corrected chi connectivity index (χ1v) is 9.49. The molecule has 164 valence electrons. The highest BCUT2D eigenvalue weighted by molar-refractivity contribution is 6.01. The second-order valence-corrected chi connectivity index (χ2v) is 8.59. The largest absolute Gasteiger partial charge is 0.504 e. The normalized spacial score (nSPS) is 32.0. The van der Waals surface area contributed by atoms with Crippen LogP contribution in [0.2, 0.25) is 0 Å². The molecule has 1 aliphatic carbocycles. The minimum Gasteiger partial charge on any atom is -0.504 e. The first kappa shape index (κ1) is 20.5. The molecule has 6 atom stereocenters. The monoisotopic (exact) mass is 424 g/mol. The lowest BCUT2D eigenvalue weighted by molar-refractivity contribution is -0.118. The summed E-state index contributed by atoms with van der Waals surface area (Å²) in [5.41, 5.74) is -0.701. The Morgan fingerprint density at radius 1 is 1.20 bits per heavy atom. The van der Waals surface area contributed by atoms with Gasteiger partial charge in [-0.2, -0.15) is 0 Å². The summed E-state index contributed by atoms with van der Waals surface area (Å²) in [4.78, 5) is 25.1. The van der Waals surface area contributed by atoms with E-state index in [1.54, 1.807) is 20.8 Å². The van der Waals surface area contributed by atoms with Crippen LogP contribution in [0.25, 0.3) is 0 Å². The number of carbonyl (C=O) groups is 2. The summed E-state index contributed by atoms with van der Waals surface area (Å²) in [5.74, 6) is -1.84. The Hall–Kier alpha value is -2.76. The Labute approximate surface area is 171 Å². The molecule has 6 N–H and O–H groups in total. The molecular formula is C19H24N2O9. The van der Waals surface area contributed by atoms with Crippen molar-refractivity contribution in [1.82, 2.24) is 10.6 Å². The number of ether oxygens (including phenoxy) is 3. The van der Waals surface area contributed by atoms with Gasteiger partial charge in [0.15, 0.2) is 11.5 Å². The number of amides is 2. The molecule has 4 rings (SSSR count). The third kappa shape index (κ3) is 3.18. The van der Waals surface area contributed by atoms with Crippen LogP contribution in [0, 0.1) is 0 Å². The van der Waals surface area contributed by atoms with Gasteiger partial charge < -0.3 is 45.3 Å². The van der Waals surface area contributed by atoms with E-state index in [2.05, 4.69) is 10.6 Å². The number of aromatic hydroxyl groups is 1. The predicted molar refractivity (Wildman–Crippen MR) is 99.4 cm³/mol. The Morgan fingerprint density at radius 2 is 1.90 bits per heavy atom. The van der Waals surface area contributed by atoms with Crippen LogP contribution in [0.15, 0.2) is 6.07 Å². The maximum Gasteiger partial charge on any atom is 0.407 e. The highest BCUT2D eigenvalue weighted by Crippen LogP contribution is 2.50. The fourth-order valence-corrected chi connectivity index (χ4v) is 4.23. The summed E-state index contributed by atoms with van der Waals surface area (Å²) in [7, 11) is 0. The van der Waals surface area contributed by atoms with Gasteiger partial charge in [-0.3, -0.25) is 4.79 Å². The lowest BCUT2D eigenvalue weighted by Crippen LogP contribution is -2.70. The van der Waals surface area contributed by atoms with Gasteiger partial charge in [-0.25, -0.2) is 4.79 Å². The molecule has 2 amide bonds. The summed E-state index contributed by atoms with van der Waals surface area (Å²) in [6.45, 7) is 4.85. The maximum atomic E-state index is 12.7. The second kappa shape index (κ2) is 6.89. The average Bonchev–Trinajstić information content (AvgIpc) is 3.11. The van der Waals surface area contributed by atoms with Crippen LogP contribution in [0.4, 0.5) is 4.79 Å². The van der Waals surface area contributed by atoms with E-state index in [0.29, 0.717) is 0 Å². The van der Waals surface area contributed by atoms with Crippen molar-refractivity contribution in [3.05, 3.63) is 17.2 Å². The lowest BCUT2D eigenvalue weighted by Gasteiger charge is -2.49. The number of rotatable bonds is 1. The van der Waals surface area contributed by atoms with Crippen LogP contribution >= 0.6 is 0 Å². The molecule has 2 aliphatic heterocycles. The maximum absolute atomic E-state index is 12.7. The van der Waals surface area contributed by atoms with Gasteiger partial charge in [0.25, 0.3) is 5.91 Å². The summed E-state index contributed by atoms with van der Waals surface area (Å²) in [6, 6.07) is -0.736. The van der Waals surface area contributed by atoms with Gasteiger partial charge >= 0.3 is 6.09 Å². The molecule has 30 heavy (non-hydrogen) atoms. The van der Waals surface area contributed by atoms with E-state index in [-0.39, 0.29) is 29.4 Å². The van der Waals surface area contributed by atoms with E-state index in [1.165, 1.54) is 6.07 Å². The third-order valence-electron chi connectivity index (χ3n) is 5.45. The smallest absolute Gasteiger partial charge is 0.407 e. The van der Waals surface area contributed by atoms with Crippen LogP contribution < -0.4 is 20.1 Å². The van der Waals surface area contributed by atoms with Crippen LogP contribution in [-0.2, 0) is 4.74 Å². The van der Waals surface area contributed by atoms with Gasteiger partial charge in [0.05, 0.1) is 17.6 Å². The van der Waals surface area contributed by atoms with Crippen molar-refractivity contribution >= 4 is 12.0 Å². The Balaban J connectivity index is 1.79. The number of phenolic OH excluding ortho intramolecular Hbond substituents is 1. The number of nitrogens with one attached hydrogen (secondary N) is 2. The van der Waals surface area contributed by atoms with Crippen LogP contribution in [0.3, 0.4) is 0 Å². The molecule has 0 spiro atoms. The molecule has 1 saturated carbocycles. The van der Waals surface area contributed by atoms with Crippen molar-refractivity contribution in [2.24, 2.45) is 0 Å². The van der Waals surface area contributed by atoms with E-state index < -0.39 is 59.7 Å². The number of aliphatic hydroxyl groups excluding tert-OH is 3. The lowest BCUT2D eigenvalue weighted by atomic mass is 9.69. The van der Waals surface area contributed by atoms with Crippen LogP contribution in [-0.4, -0.2) is 75.2 Å². The van der Waals surface area contributed by atoms with E-state index in [4.69, 9.17) is 14.2 Å². The molecular weight excluding hydrogens is 400 g/mol. The third-order valence-corrected chi connectivity index (χ3v) is 5.45. The van der Waals surface area contributed by atoms with E-state index in [1.807, 2.05) is 0 Å². The zero-order chi connectivity index (χ0) is 22.0. The molecule has 4 unspecified atom stereocenters. The first-order valence-electron chi connectivity index (χ1n) is 9.49. The summed E-state index contributed by atoms with van der Waals surface area (Å²) in [5, 5.41) is 47.1. The number of fused-ring (bicyclic) bond motifs is 4. The Morgan fingerprint density at radius 3 is 2.57 bits per heavy atom. The van der Waals surface area contributed by atoms with E-state index in [9.17, 15) is 30.0 Å². The van der Waals surface area contributed by atoms with Gasteiger partial charge in [0.2, 0.25) is 12.5 Å². The van der Waals surface area contributed by atoms with Crippen LogP contribution in [0.1, 0.15) is 42.6 Å². The molecule has 0 saturated heterocycles. The molecule has 1 fully saturated rings. The standard InChI is InChI=1S/C19H24N2O9/c1-19(2,3)30-18(27)21-11-8-6-4-7-16(29-5-28-7)12(22)9(6)17(26)20-10(8)13(23)15(25)14(11)24/h4,8,10-11,13-15,22-25H,5H2,1-3H3,(H,20,26)(H,21,27)/t8?,10-,11?,13?,14+,15?/m1/s1. The van der Waals surface area contributed by atoms with Gasteiger partial charge in [-0.05, 0) is 32.4 Å². The highest BCUT2D eigenvalue weighted by atomic mass is 16.7. The quantitative estimate of drug-likeness (QED) is 0.342. The van der Waals surface area contributed by atoms with Crippen molar-refractivity contribution in [2.75, 3.05) is 6.79 Å². The molecule has 1 aromatic carbocycles. The molecule has 0 bridgehead atoms. The summed E-state index contributed by atoms with van der Waals surface area (Å²) < 4.78 is 15.8. The summed E-state index contributed by atoms with van der Waals surface area (Å²) in [6.07, 6.45) is -5.59. The Bertz CT molecular complexity index is 897. The molecule has 11 heteroatoms. The predicted octanol–water partition coefficient (Wildman–Crippen LogP) is -0.694. The van der Waals surface area contributed by atoms with Crippen LogP contribution in [0.5, 0.6) is 17.2 Å². The number of hydrogen-bond acceptors (Lipinski definition) is 9. The number of alkyl carbamates (subject to hydrolysis) is 1. The molecule has 1 aromatic rings. The minimum absolute atomic E-state index is 0.0101. The van der Waals surface area contributed by atoms with Crippen molar-refractivity contribution in [3.63, 3.8) is 0 Å². The number of carbonyl (C=O) groups excluding carboxylic acids is 2. The summed E-state index contributed by atoms with van der Waals surface area (Å²) >= 11 is 0. The zero-order valence-corrected chi connectivity index (χ0v) is 16.6. The zero-order valence-electron chi connectivity index (χ0n) is 16.6. The van der Waals surface area contributed by atoms with Gasteiger partial charge in [0.1, 0.15) is 23.9 Å². The fourth-order valence-electron chi connectivity index (χ4n) is 4.23. The highest BCUT2D eigenvalue weighted by Gasteiger charge is 2.55. The van der Waals surface area contributed by atoms with E-state index in [0.717, 1.165) is 0 Å². The van der Waals surface area contributed by atoms with Crippen molar-refractivity contribution < 1.29 is 44.2 Å². The SMILES string of the molecule is CC(C)(C)OC(=O)NC1C2c3cc4c(c(O)c3C(=O)N[C@H]2C(O)C(O)[C@H]1O)OCO4. The van der Waals surface area contributed by atoms with E-state index >= 15 is 0 Å². The molecule has 0 aromatic heterocycles. The molecule has 3 aliphatic rings. The second-order valence-electron chi connectivity index (χ2n) is 8.59. The van der Waals surface area contributed by atoms with Crippen molar-refractivity contribution in [2.45, 2.75) is 62.7 Å². The fraction of sp³-hybridized carbons (Fsp3) is 0.579. The number of aliphatic hydroxyl groups is 3. The number of benzene rings is 1.